The van der Waals surface area contributed by atoms with Crippen LogP contribution in [0.5, 0.6) is 0 Å². The molecule has 1 saturated heterocycles. The molecule has 8 nitrogen and oxygen atoms in total. The molecular formula is C27H32F3N5O3S. The van der Waals surface area contributed by atoms with Crippen LogP contribution in [-0.2, 0) is 17.1 Å². The molecule has 3 heterocycles. The van der Waals surface area contributed by atoms with Crippen LogP contribution in [0, 0.1) is 5.82 Å². The first-order chi connectivity index (χ1) is 18.5. The Labute approximate surface area is 225 Å². The Balaban J connectivity index is 1.64. The Morgan fingerprint density at radius 3 is 2.44 bits per heavy atom. The maximum atomic E-state index is 15.1. The van der Waals surface area contributed by atoms with E-state index >= 15 is 4.39 Å². The minimum absolute atomic E-state index is 0.0685. The van der Waals surface area contributed by atoms with E-state index in [1.54, 1.807) is 14.0 Å². The predicted octanol–water partition coefficient (Wildman–Crippen LogP) is 4.98. The van der Waals surface area contributed by atoms with Gasteiger partial charge in [0, 0.05) is 48.6 Å². The van der Waals surface area contributed by atoms with Gasteiger partial charge in [-0.3, -0.25) is 9.55 Å². The summed E-state index contributed by atoms with van der Waals surface area (Å²) in [7, 11) is -1.71. The molecular weight excluding hydrogens is 531 g/mol. The van der Waals surface area contributed by atoms with E-state index in [1.807, 2.05) is 6.07 Å². The average Bonchev–Trinajstić information content (AvgIpc) is 3.35. The quantitative estimate of drug-likeness (QED) is 0.415. The third-order valence-electron chi connectivity index (χ3n) is 8.04. The number of rotatable bonds is 8. The Kier molecular flexibility index (Phi) is 7.45. The van der Waals surface area contributed by atoms with E-state index < -0.39 is 39.6 Å². The van der Waals surface area contributed by atoms with Gasteiger partial charge in [-0.2, -0.15) is 4.98 Å². The maximum absolute atomic E-state index is 15.1. The van der Waals surface area contributed by atoms with Gasteiger partial charge in [0.2, 0.25) is 10.0 Å². The monoisotopic (exact) mass is 563 g/mol. The van der Waals surface area contributed by atoms with Crippen molar-refractivity contribution in [1.82, 2.24) is 18.8 Å². The van der Waals surface area contributed by atoms with Gasteiger partial charge in [0.05, 0.1) is 29.1 Å². The van der Waals surface area contributed by atoms with E-state index in [-0.39, 0.29) is 23.2 Å². The SMILES string of the molecule is CC[C@@H](Nc1nc(=O)n(C)c2c(C3CCC3)nc(C3CCN(S(C)(=O)=O)C3)cc12)c1cccc(C(F)F)c1F. The second-order valence-electron chi connectivity index (χ2n) is 10.5. The molecule has 0 amide bonds. The first-order valence-corrected chi connectivity index (χ1v) is 15.0. The van der Waals surface area contributed by atoms with Gasteiger partial charge in [-0.15, -0.1) is 0 Å². The van der Waals surface area contributed by atoms with Crippen LogP contribution in [0.2, 0.25) is 0 Å². The molecule has 2 aliphatic rings. The van der Waals surface area contributed by atoms with Gasteiger partial charge in [0.25, 0.3) is 6.43 Å². The molecule has 1 aliphatic carbocycles. The fraction of sp³-hybridized carbons (Fsp3) is 0.519. The van der Waals surface area contributed by atoms with E-state index in [0.29, 0.717) is 36.8 Å². The van der Waals surface area contributed by atoms with Gasteiger partial charge in [-0.05, 0) is 31.7 Å². The van der Waals surface area contributed by atoms with Crippen LogP contribution < -0.4 is 11.0 Å². The number of fused-ring (bicyclic) bond motifs is 1. The smallest absolute Gasteiger partial charge is 0.349 e. The highest BCUT2D eigenvalue weighted by Crippen LogP contribution is 2.41. The number of nitrogens with zero attached hydrogens (tertiary/aromatic N) is 4. The van der Waals surface area contributed by atoms with Crippen molar-refractivity contribution in [3.05, 3.63) is 63.1 Å². The summed E-state index contributed by atoms with van der Waals surface area (Å²) >= 11 is 0. The molecule has 1 saturated carbocycles. The second kappa shape index (κ2) is 10.5. The zero-order valence-electron chi connectivity index (χ0n) is 22.1. The Hall–Kier alpha value is -2.99. The summed E-state index contributed by atoms with van der Waals surface area (Å²) in [5, 5.41) is 3.79. The van der Waals surface area contributed by atoms with Gasteiger partial charge in [0.1, 0.15) is 11.6 Å². The van der Waals surface area contributed by atoms with Gasteiger partial charge >= 0.3 is 5.69 Å². The van der Waals surface area contributed by atoms with Crippen LogP contribution >= 0.6 is 0 Å². The highest BCUT2D eigenvalue weighted by molar-refractivity contribution is 7.88. The number of benzene rings is 1. The summed E-state index contributed by atoms with van der Waals surface area (Å²) < 4.78 is 69.1. The lowest BCUT2D eigenvalue weighted by molar-refractivity contribution is 0.146. The third kappa shape index (κ3) is 5.16. The maximum Gasteiger partial charge on any atom is 0.349 e. The zero-order chi connectivity index (χ0) is 28.1. The molecule has 39 heavy (non-hydrogen) atoms. The minimum atomic E-state index is -3.34. The number of aryl methyl sites for hydroxylation is 1. The number of nitrogens with one attached hydrogen (secondary N) is 1. The molecule has 0 bridgehead atoms. The van der Waals surface area contributed by atoms with Crippen molar-refractivity contribution in [2.24, 2.45) is 7.05 Å². The number of aromatic nitrogens is 3. The normalized spacial score (nSPS) is 19.5. The van der Waals surface area contributed by atoms with Crippen LogP contribution in [0.25, 0.3) is 10.9 Å². The van der Waals surface area contributed by atoms with Gasteiger partial charge in [-0.1, -0.05) is 31.5 Å². The highest BCUT2D eigenvalue weighted by Gasteiger charge is 2.33. The van der Waals surface area contributed by atoms with Crippen LogP contribution in [0.3, 0.4) is 0 Å². The molecule has 1 unspecified atom stereocenters. The molecule has 5 rings (SSSR count). The number of sulfonamides is 1. The fourth-order valence-corrected chi connectivity index (χ4v) is 6.45. The minimum Gasteiger partial charge on any atom is -0.362 e. The van der Waals surface area contributed by atoms with Crippen molar-refractivity contribution in [3.8, 4) is 0 Å². The van der Waals surface area contributed by atoms with Crippen molar-refractivity contribution >= 4 is 26.7 Å². The Morgan fingerprint density at radius 2 is 1.85 bits per heavy atom. The van der Waals surface area contributed by atoms with Gasteiger partial charge in [-0.25, -0.2) is 30.7 Å². The molecule has 1 aliphatic heterocycles. The molecule has 0 spiro atoms. The van der Waals surface area contributed by atoms with Gasteiger partial charge < -0.3 is 5.32 Å². The van der Waals surface area contributed by atoms with Crippen LogP contribution in [-0.4, -0.2) is 46.6 Å². The lowest BCUT2D eigenvalue weighted by atomic mass is 9.81. The molecule has 210 valence electrons. The van der Waals surface area contributed by atoms with E-state index in [0.717, 1.165) is 36.7 Å². The van der Waals surface area contributed by atoms with Crippen molar-refractivity contribution in [3.63, 3.8) is 0 Å². The van der Waals surface area contributed by atoms with E-state index in [4.69, 9.17) is 4.98 Å². The topological polar surface area (TPSA) is 97.2 Å². The summed E-state index contributed by atoms with van der Waals surface area (Å²) in [4.78, 5) is 22.2. The molecule has 3 aromatic rings. The Morgan fingerprint density at radius 1 is 1.13 bits per heavy atom. The number of halogens is 3. The first kappa shape index (κ1) is 27.6. The van der Waals surface area contributed by atoms with Crippen LogP contribution in [0.1, 0.15) is 85.8 Å². The third-order valence-corrected chi connectivity index (χ3v) is 9.31. The van der Waals surface area contributed by atoms with Crippen molar-refractivity contribution < 1.29 is 21.6 Å². The summed E-state index contributed by atoms with van der Waals surface area (Å²) in [6.07, 6.45) is 2.09. The summed E-state index contributed by atoms with van der Waals surface area (Å²) in [6, 6.07) is 5.02. The van der Waals surface area contributed by atoms with E-state index in [2.05, 4.69) is 10.3 Å². The summed E-state index contributed by atoms with van der Waals surface area (Å²) in [6.45, 7) is 2.50. The highest BCUT2D eigenvalue weighted by atomic mass is 32.2. The van der Waals surface area contributed by atoms with Crippen molar-refractivity contribution in [1.29, 1.82) is 0 Å². The Bertz CT molecular complexity index is 1570. The lowest BCUT2D eigenvalue weighted by Gasteiger charge is -2.28. The van der Waals surface area contributed by atoms with Crippen molar-refractivity contribution in [2.75, 3.05) is 24.7 Å². The molecule has 2 fully saturated rings. The van der Waals surface area contributed by atoms with Crippen molar-refractivity contribution in [2.45, 2.75) is 63.3 Å². The number of anilines is 1. The molecule has 1 N–H and O–H groups in total. The number of hydrogen-bond donors (Lipinski definition) is 1. The fourth-order valence-electron chi connectivity index (χ4n) is 5.57. The first-order valence-electron chi connectivity index (χ1n) is 13.2. The standard InChI is InChI=1S/C27H32F3N5O3S/c1-4-20(17-9-6-10-18(22(17)28)25(29)30)32-26-19-13-21(16-11-12-35(14-16)39(3,37)38)31-23(15-7-5-8-15)24(19)34(2)27(36)33-26/h6,9-10,13,15-16,20,25H,4-5,7-8,11-12,14H2,1-3H3,(H,32,33,36)/t16?,20-/m1/s1. The largest absolute Gasteiger partial charge is 0.362 e. The molecule has 12 heteroatoms. The average molecular weight is 564 g/mol. The molecule has 0 radical (unpaired) electrons. The van der Waals surface area contributed by atoms with E-state index in [1.165, 1.54) is 27.3 Å². The molecule has 2 atom stereocenters. The van der Waals surface area contributed by atoms with Gasteiger partial charge in [0.15, 0.2) is 0 Å². The second-order valence-corrected chi connectivity index (χ2v) is 12.5. The lowest BCUT2D eigenvalue weighted by Crippen LogP contribution is -2.28. The van der Waals surface area contributed by atoms with Crippen LogP contribution in [0.15, 0.2) is 29.1 Å². The molecule has 2 aromatic heterocycles. The van der Waals surface area contributed by atoms with Crippen LogP contribution in [0.4, 0.5) is 19.0 Å². The number of alkyl halides is 2. The number of hydrogen-bond acceptors (Lipinski definition) is 6. The zero-order valence-corrected chi connectivity index (χ0v) is 22.9. The summed E-state index contributed by atoms with van der Waals surface area (Å²) in [5.74, 6) is -0.730. The van der Waals surface area contributed by atoms with E-state index in [9.17, 15) is 22.0 Å². The number of pyridine rings is 1. The summed E-state index contributed by atoms with van der Waals surface area (Å²) in [5.41, 5.74) is 0.999. The molecule has 1 aromatic carbocycles. The predicted molar refractivity (Wildman–Crippen MR) is 143 cm³/mol.